The fraction of sp³-hybridized carbons (Fsp3) is 0.818. The van der Waals surface area contributed by atoms with Crippen LogP contribution in [0, 0.1) is 0 Å². The minimum Gasteiger partial charge on any atom is -0.383 e. The Balaban J connectivity index is 2.13. The number of halogens is 3. The van der Waals surface area contributed by atoms with Crippen molar-refractivity contribution in [1.29, 1.82) is 0 Å². The van der Waals surface area contributed by atoms with Gasteiger partial charge in [-0.25, -0.2) is 0 Å². The molecule has 20 heavy (non-hydrogen) atoms. The average Bonchev–Trinajstić information content (AvgIpc) is 2.81. The molecule has 0 aromatic carbocycles. The van der Waals surface area contributed by atoms with E-state index in [-0.39, 0.29) is 6.61 Å². The zero-order valence-corrected chi connectivity index (χ0v) is 12.0. The van der Waals surface area contributed by atoms with Crippen molar-refractivity contribution < 1.29 is 22.6 Å². The predicted octanol–water partition coefficient (Wildman–Crippen LogP) is 1.44. The molecule has 0 atom stereocenters. The van der Waals surface area contributed by atoms with E-state index < -0.39 is 12.8 Å². The van der Waals surface area contributed by atoms with Gasteiger partial charge in [-0.3, -0.25) is 0 Å². The number of nitrogens with one attached hydrogen (secondary N) is 1. The SMILES string of the molecule is COCCNCCc1nnc(CCOCC(F)(F)F)s1. The highest BCUT2D eigenvalue weighted by Gasteiger charge is 2.27. The van der Waals surface area contributed by atoms with Gasteiger partial charge >= 0.3 is 6.18 Å². The third kappa shape index (κ3) is 8.41. The molecular formula is C11H18F3N3O2S. The second-order valence-corrected chi connectivity index (χ2v) is 5.15. The molecule has 0 aliphatic rings. The standard InChI is InChI=1S/C11H18F3N3O2S/c1-18-7-5-15-4-2-9-16-17-10(20-9)3-6-19-8-11(12,13)14/h15H,2-8H2,1H3. The van der Waals surface area contributed by atoms with Crippen molar-refractivity contribution >= 4 is 11.3 Å². The highest BCUT2D eigenvalue weighted by molar-refractivity contribution is 7.11. The van der Waals surface area contributed by atoms with Crippen molar-refractivity contribution in [2.75, 3.05) is 40.0 Å². The Labute approximate surface area is 119 Å². The molecular weight excluding hydrogens is 295 g/mol. The van der Waals surface area contributed by atoms with Crippen LogP contribution in [0.2, 0.25) is 0 Å². The Bertz CT molecular complexity index is 374. The molecule has 1 aromatic rings. The monoisotopic (exact) mass is 313 g/mol. The van der Waals surface area contributed by atoms with Crippen molar-refractivity contribution in [3.8, 4) is 0 Å². The molecule has 9 heteroatoms. The zero-order valence-electron chi connectivity index (χ0n) is 11.2. The molecule has 0 fully saturated rings. The molecule has 1 N–H and O–H groups in total. The van der Waals surface area contributed by atoms with E-state index in [1.54, 1.807) is 7.11 Å². The number of methoxy groups -OCH3 is 1. The van der Waals surface area contributed by atoms with Crippen LogP contribution in [0.15, 0.2) is 0 Å². The second-order valence-electron chi connectivity index (χ2n) is 4.00. The first-order valence-corrected chi connectivity index (χ1v) is 6.98. The number of alkyl halides is 3. The number of rotatable bonds is 10. The first-order valence-electron chi connectivity index (χ1n) is 6.16. The minimum absolute atomic E-state index is 0.000230. The van der Waals surface area contributed by atoms with Crippen molar-refractivity contribution in [2.24, 2.45) is 0 Å². The summed E-state index contributed by atoms with van der Waals surface area (Å²) in [5.74, 6) is 0. The van der Waals surface area contributed by atoms with Crippen LogP contribution in [0.4, 0.5) is 13.2 Å². The van der Waals surface area contributed by atoms with Crippen LogP contribution in [-0.4, -0.2) is 56.4 Å². The molecule has 0 aliphatic carbocycles. The summed E-state index contributed by atoms with van der Waals surface area (Å²) in [6.07, 6.45) is -3.18. The van der Waals surface area contributed by atoms with Crippen LogP contribution in [-0.2, 0) is 22.3 Å². The number of ether oxygens (including phenoxy) is 2. The van der Waals surface area contributed by atoms with Crippen LogP contribution in [0.5, 0.6) is 0 Å². The van der Waals surface area contributed by atoms with E-state index in [0.717, 1.165) is 24.5 Å². The lowest BCUT2D eigenvalue weighted by Gasteiger charge is -2.05. The summed E-state index contributed by atoms with van der Waals surface area (Å²) in [6.45, 7) is 0.968. The van der Waals surface area contributed by atoms with E-state index in [9.17, 15) is 13.2 Å². The van der Waals surface area contributed by atoms with Crippen LogP contribution >= 0.6 is 11.3 Å². The van der Waals surface area contributed by atoms with Crippen molar-refractivity contribution in [2.45, 2.75) is 19.0 Å². The normalized spacial score (nSPS) is 12.0. The zero-order chi connectivity index (χ0) is 14.8. The van der Waals surface area contributed by atoms with Crippen LogP contribution in [0.25, 0.3) is 0 Å². The highest BCUT2D eigenvalue weighted by atomic mass is 32.1. The maximum atomic E-state index is 11.8. The van der Waals surface area contributed by atoms with E-state index >= 15 is 0 Å². The largest absolute Gasteiger partial charge is 0.411 e. The van der Waals surface area contributed by atoms with E-state index in [1.807, 2.05) is 0 Å². The Morgan fingerprint density at radius 3 is 2.45 bits per heavy atom. The Morgan fingerprint density at radius 1 is 1.10 bits per heavy atom. The van der Waals surface area contributed by atoms with Gasteiger partial charge in [0.25, 0.3) is 0 Å². The van der Waals surface area contributed by atoms with E-state index in [1.165, 1.54) is 11.3 Å². The summed E-state index contributed by atoms with van der Waals surface area (Å²) >= 11 is 1.40. The third-order valence-electron chi connectivity index (χ3n) is 2.23. The number of hydrogen-bond acceptors (Lipinski definition) is 6. The lowest BCUT2D eigenvalue weighted by atomic mass is 10.4. The molecule has 116 valence electrons. The van der Waals surface area contributed by atoms with Gasteiger partial charge in [0.05, 0.1) is 13.2 Å². The Kier molecular flexibility index (Phi) is 7.97. The maximum Gasteiger partial charge on any atom is 0.411 e. The molecule has 0 radical (unpaired) electrons. The van der Waals surface area contributed by atoms with Gasteiger partial charge in [0.1, 0.15) is 16.6 Å². The van der Waals surface area contributed by atoms with Gasteiger partial charge < -0.3 is 14.8 Å². The molecule has 1 aromatic heterocycles. The van der Waals surface area contributed by atoms with Gasteiger partial charge in [0, 0.05) is 33.0 Å². The fourth-order valence-electron chi connectivity index (χ4n) is 1.33. The molecule has 0 spiro atoms. The Hall–Kier alpha value is -0.770. The molecule has 5 nitrogen and oxygen atoms in total. The van der Waals surface area contributed by atoms with E-state index in [4.69, 9.17) is 4.74 Å². The van der Waals surface area contributed by atoms with Gasteiger partial charge in [0.15, 0.2) is 0 Å². The third-order valence-corrected chi connectivity index (χ3v) is 3.28. The smallest absolute Gasteiger partial charge is 0.383 e. The maximum absolute atomic E-state index is 11.8. The lowest BCUT2D eigenvalue weighted by molar-refractivity contribution is -0.173. The number of aromatic nitrogens is 2. The van der Waals surface area contributed by atoms with Crippen molar-refractivity contribution in [3.63, 3.8) is 0 Å². The molecule has 0 aliphatic heterocycles. The second kappa shape index (κ2) is 9.22. The lowest BCUT2D eigenvalue weighted by Crippen LogP contribution is -2.21. The van der Waals surface area contributed by atoms with E-state index in [2.05, 4.69) is 20.3 Å². The first kappa shape index (κ1) is 17.3. The van der Waals surface area contributed by atoms with Gasteiger partial charge in [-0.2, -0.15) is 13.2 Å². The molecule has 0 unspecified atom stereocenters. The molecule has 1 rings (SSSR count). The van der Waals surface area contributed by atoms with Crippen LogP contribution in [0.3, 0.4) is 0 Å². The van der Waals surface area contributed by atoms with Crippen molar-refractivity contribution in [1.82, 2.24) is 15.5 Å². The molecule has 0 saturated carbocycles. The summed E-state index contributed by atoms with van der Waals surface area (Å²) in [5, 5.41) is 12.6. The Morgan fingerprint density at radius 2 is 1.80 bits per heavy atom. The highest BCUT2D eigenvalue weighted by Crippen LogP contribution is 2.15. The molecule has 0 saturated heterocycles. The topological polar surface area (TPSA) is 56.3 Å². The fourth-order valence-corrected chi connectivity index (χ4v) is 2.16. The van der Waals surface area contributed by atoms with Crippen molar-refractivity contribution in [3.05, 3.63) is 10.0 Å². The van der Waals surface area contributed by atoms with Gasteiger partial charge in [0.2, 0.25) is 0 Å². The summed E-state index contributed by atoms with van der Waals surface area (Å²) < 4.78 is 45.0. The quantitative estimate of drug-likeness (QED) is 0.662. The average molecular weight is 313 g/mol. The number of nitrogens with zero attached hydrogens (tertiary/aromatic N) is 2. The number of hydrogen-bond donors (Lipinski definition) is 1. The summed E-state index contributed by atoms with van der Waals surface area (Å²) in [6, 6.07) is 0. The first-order chi connectivity index (χ1) is 9.51. The molecule has 0 bridgehead atoms. The van der Waals surface area contributed by atoms with E-state index in [0.29, 0.717) is 18.0 Å². The summed E-state index contributed by atoms with van der Waals surface area (Å²) in [4.78, 5) is 0. The van der Waals surface area contributed by atoms with Crippen LogP contribution < -0.4 is 5.32 Å². The van der Waals surface area contributed by atoms with Gasteiger partial charge in [-0.1, -0.05) is 0 Å². The molecule has 1 heterocycles. The van der Waals surface area contributed by atoms with Crippen LogP contribution in [0.1, 0.15) is 10.0 Å². The summed E-state index contributed by atoms with van der Waals surface area (Å²) in [5.41, 5.74) is 0. The minimum atomic E-state index is -4.28. The summed E-state index contributed by atoms with van der Waals surface area (Å²) in [7, 11) is 1.64. The molecule has 0 amide bonds. The van der Waals surface area contributed by atoms with Gasteiger partial charge in [-0.15, -0.1) is 21.5 Å². The predicted molar refractivity (Wildman–Crippen MR) is 68.9 cm³/mol. The van der Waals surface area contributed by atoms with Gasteiger partial charge in [-0.05, 0) is 0 Å².